The topological polar surface area (TPSA) is 274 Å². The van der Waals surface area contributed by atoms with Gasteiger partial charge in [-0.2, -0.15) is 0 Å². The number of alkyl halides is 1. The fourth-order valence-electron chi connectivity index (χ4n) is 7.09. The van der Waals surface area contributed by atoms with E-state index >= 15 is 0 Å². The number of phenols is 1. The van der Waals surface area contributed by atoms with Crippen LogP contribution in [-0.4, -0.2) is 84.3 Å². The van der Waals surface area contributed by atoms with Gasteiger partial charge in [0.25, 0.3) is 6.47 Å². The van der Waals surface area contributed by atoms with E-state index in [0.717, 1.165) is 25.0 Å². The summed E-state index contributed by atoms with van der Waals surface area (Å²) in [4.78, 5) is 45.7. The molecule has 1 aliphatic rings. The molecule has 89 heavy (non-hydrogen) atoms. The van der Waals surface area contributed by atoms with Gasteiger partial charge in [-0.15, -0.1) is 0 Å². The minimum Gasteiger partial charge on any atom is -1.00 e. The summed E-state index contributed by atoms with van der Waals surface area (Å²) in [6, 6.07) is 46.9. The summed E-state index contributed by atoms with van der Waals surface area (Å²) in [6.07, 6.45) is 4.80. The molecule has 0 radical (unpaired) electrons. The Hall–Kier alpha value is -5.27. The zero-order valence-electron chi connectivity index (χ0n) is 47.2. The molecule has 2 N–H and O–H groups in total. The number of nitrogens with zero attached hydrogens (tertiary/aromatic N) is 3. The number of halogens is 4. The summed E-state index contributed by atoms with van der Waals surface area (Å²) in [5, 5.41) is 39.8. The molecule has 1 aliphatic heterocycles. The van der Waals surface area contributed by atoms with E-state index in [-0.39, 0.29) is 163 Å². The predicted octanol–water partition coefficient (Wildman–Crippen LogP) is 9.35. The Morgan fingerprint density at radius 3 is 1.33 bits per heavy atom. The summed E-state index contributed by atoms with van der Waals surface area (Å²) >= 11 is 21.1. The Morgan fingerprint density at radius 1 is 0.596 bits per heavy atom. The molecule has 0 spiro atoms. The number of esters is 2. The van der Waals surface area contributed by atoms with Crippen LogP contribution in [0.4, 0.5) is 0 Å². The number of hydrogen-bond acceptors (Lipinski definition) is 19. The Balaban J connectivity index is -0.00000106. The van der Waals surface area contributed by atoms with Gasteiger partial charge in [-0.1, -0.05) is 187 Å². The molecule has 0 aliphatic carbocycles. The number of carboxylic acid groups (broad SMARTS) is 1. The minimum atomic E-state index is -1.14. The van der Waals surface area contributed by atoms with Crippen LogP contribution in [0.5, 0.6) is 17.2 Å². The number of carbonyl (C=O) groups is 4. The van der Waals surface area contributed by atoms with Crippen LogP contribution in [0.15, 0.2) is 196 Å². The number of benzene rings is 6. The zero-order valence-corrected chi connectivity index (χ0v) is 56.3. The Bertz CT molecular complexity index is 3350. The van der Waals surface area contributed by atoms with Crippen molar-refractivity contribution in [3.8, 4) is 51.2 Å². The number of phenolic OH excluding ortho intramolecular Hbond substituents is 1. The third kappa shape index (κ3) is 28.8. The first-order valence-corrected chi connectivity index (χ1v) is 26.4. The molecule has 4 atom stereocenters. The maximum atomic E-state index is 12.2. The summed E-state index contributed by atoms with van der Waals surface area (Å²) in [7, 11) is 4.37. The van der Waals surface area contributed by atoms with Gasteiger partial charge in [0.15, 0.2) is 23.6 Å². The zero-order chi connectivity index (χ0) is 59.9. The molecule has 1 saturated heterocycles. The quantitative estimate of drug-likeness (QED) is 0.0241. The van der Waals surface area contributed by atoms with Crippen molar-refractivity contribution in [3.63, 3.8) is 0 Å². The Kier molecular flexibility index (Phi) is 45.9. The Morgan fingerprint density at radius 2 is 0.978 bits per heavy atom. The molecule has 468 valence electrons. The molecule has 26 heteroatoms. The van der Waals surface area contributed by atoms with Crippen LogP contribution >= 0.6 is 50.7 Å². The molecule has 6 aromatic carbocycles. The van der Waals surface area contributed by atoms with Gasteiger partial charge >= 0.3 is 121 Å². The van der Waals surface area contributed by atoms with Gasteiger partial charge in [-0.25, -0.2) is 9.59 Å². The SMILES string of the molecule is C.C.C.C.COC(=O)C(Br)c1ccccc1.COC(=O)C(Oc1ccc(Cl)cc1-c1ccno1)c1ccccc1.COC1CCCO1.O=C(O)C(Oc1ccc(Cl)cc1-c1ccno1)c1ccccc1.O=CO[O-].Oc1ccc(Cl)cc1-c1ccno1.[H-].[K+].[K+]. The Labute approximate surface area is 627 Å². The molecular formula is C63H69BrCl3K2N3O17. The molecule has 3 aromatic heterocycles. The van der Waals surface area contributed by atoms with E-state index < -0.39 is 24.1 Å². The van der Waals surface area contributed by atoms with E-state index in [1.807, 2.05) is 54.6 Å². The van der Waals surface area contributed by atoms with E-state index in [1.165, 1.54) is 38.9 Å². The number of aliphatic carboxylic acids is 1. The van der Waals surface area contributed by atoms with Crippen LogP contribution in [0, 0.1) is 0 Å². The first-order chi connectivity index (χ1) is 40.2. The molecule has 4 heterocycles. The van der Waals surface area contributed by atoms with Crippen LogP contribution in [-0.2, 0) is 43.0 Å². The van der Waals surface area contributed by atoms with Crippen molar-refractivity contribution in [2.45, 2.75) is 65.9 Å². The van der Waals surface area contributed by atoms with Crippen LogP contribution in [0.2, 0.25) is 15.1 Å². The summed E-state index contributed by atoms with van der Waals surface area (Å²) in [5.41, 5.74) is 3.82. The van der Waals surface area contributed by atoms with Crippen molar-refractivity contribution in [2.24, 2.45) is 0 Å². The normalized spacial score (nSPS) is 12.1. The number of methoxy groups -OCH3 is 3. The van der Waals surface area contributed by atoms with Crippen molar-refractivity contribution in [1.82, 2.24) is 15.5 Å². The van der Waals surface area contributed by atoms with Gasteiger partial charge in [0.05, 0.1) is 49.5 Å². The number of rotatable bonds is 15. The summed E-state index contributed by atoms with van der Waals surface area (Å²) in [6.45, 7) is 0.693. The van der Waals surface area contributed by atoms with Gasteiger partial charge in [0.2, 0.25) is 12.2 Å². The summed E-state index contributed by atoms with van der Waals surface area (Å²) < 4.78 is 46.3. The molecule has 9 aromatic rings. The van der Waals surface area contributed by atoms with Gasteiger partial charge in [0, 0.05) is 64.5 Å². The monoisotopic (exact) mass is 1400 g/mol. The molecule has 20 nitrogen and oxygen atoms in total. The van der Waals surface area contributed by atoms with Crippen molar-refractivity contribution in [3.05, 3.63) is 214 Å². The average Bonchev–Trinajstić information content (AvgIpc) is 3.62. The van der Waals surface area contributed by atoms with Crippen molar-refractivity contribution >= 4 is 75.1 Å². The van der Waals surface area contributed by atoms with E-state index in [2.05, 4.69) is 41.0 Å². The molecular weight excluding hydrogens is 1340 g/mol. The van der Waals surface area contributed by atoms with Gasteiger partial charge in [-0.3, -0.25) is 9.59 Å². The smallest absolute Gasteiger partial charge is 1.00 e. The van der Waals surface area contributed by atoms with E-state index in [4.69, 9.17) is 82.1 Å². The van der Waals surface area contributed by atoms with Gasteiger partial charge < -0.3 is 63.8 Å². The van der Waals surface area contributed by atoms with E-state index in [9.17, 15) is 24.6 Å². The van der Waals surface area contributed by atoms with Crippen molar-refractivity contribution < 1.29 is 186 Å². The molecule has 10 rings (SSSR count). The molecule has 1 fully saturated rings. The summed E-state index contributed by atoms with van der Waals surface area (Å²) in [5.74, 6) is 0.485. The molecule has 0 bridgehead atoms. The third-order valence-corrected chi connectivity index (χ3v) is 12.6. The average molecular weight is 1400 g/mol. The third-order valence-electron chi connectivity index (χ3n) is 11.0. The fourth-order valence-corrected chi connectivity index (χ4v) is 8.10. The maximum Gasteiger partial charge on any atom is 1.00 e. The van der Waals surface area contributed by atoms with Crippen LogP contribution in [0.1, 0.15) is 77.7 Å². The maximum absolute atomic E-state index is 12.2. The standard InChI is InChI=1S/C18H14ClNO4.C17H12ClNO4.C9H9BrO2.C9H6ClNO2.C5H10O2.CH2O3.4CH4.2K.H/c1-22-18(21)17(12-5-3-2-4-6-12)23-15-8-7-13(19)11-14(15)16-9-10-20-24-16;18-12-6-7-14(13(10-12)15-8-9-19-23-15)22-16(17(20)21)11-4-2-1-3-5-11;1-12-9(11)8(10)7-5-3-2-4-6-7;10-6-1-2-8(12)7(5-6)9-3-4-11-13-9;1-6-5-3-2-4-7-5;2-1-4-3;;;;;;;/h2-11,17H,1H3;1-10,16H,(H,20,21);2-6,8H,1H3;1-5,12H;5H,2-4H2,1H3;1,3H;4*1H4;;;/q;;;;;;;;;;2*+1;-1/p-1. The number of aromatic nitrogens is 3. The molecule has 0 amide bonds. The number of carbonyl (C=O) groups excluding carboxylic acids is 3. The fraction of sp³-hybridized carbons (Fsp3) is 0.222. The molecule has 4 unspecified atom stereocenters. The van der Waals surface area contributed by atoms with E-state index in [0.29, 0.717) is 71.7 Å². The number of aromatic hydroxyl groups is 1. The second-order valence-electron chi connectivity index (χ2n) is 16.4. The van der Waals surface area contributed by atoms with Crippen molar-refractivity contribution in [1.29, 1.82) is 0 Å². The second-order valence-corrected chi connectivity index (χ2v) is 18.6. The number of ether oxygens (including phenoxy) is 6. The van der Waals surface area contributed by atoms with Crippen LogP contribution in [0.3, 0.4) is 0 Å². The largest absolute Gasteiger partial charge is 1.00 e. The van der Waals surface area contributed by atoms with Crippen LogP contribution < -0.4 is 118 Å². The van der Waals surface area contributed by atoms with E-state index in [1.54, 1.807) is 110 Å². The first kappa shape index (κ1) is 85.8. The first-order valence-electron chi connectivity index (χ1n) is 24.4. The van der Waals surface area contributed by atoms with Gasteiger partial charge in [0.1, 0.15) is 22.1 Å². The van der Waals surface area contributed by atoms with Crippen LogP contribution in [0.25, 0.3) is 34.0 Å². The number of carboxylic acids is 1. The van der Waals surface area contributed by atoms with Crippen molar-refractivity contribution in [2.75, 3.05) is 27.9 Å². The van der Waals surface area contributed by atoms with Gasteiger partial charge in [-0.05, 0) is 66.6 Å². The second kappa shape index (κ2) is 47.6. The molecule has 0 saturated carbocycles. The predicted molar refractivity (Wildman–Crippen MR) is 333 cm³/mol. The number of hydrogen-bond donors (Lipinski definition) is 2. The minimum absolute atomic E-state index is 0.